The molecule has 29 heavy (non-hydrogen) atoms. The number of hydrogen-bond acceptors (Lipinski definition) is 6. The summed E-state index contributed by atoms with van der Waals surface area (Å²) < 4.78 is 38.1. The Labute approximate surface area is 178 Å². The van der Waals surface area contributed by atoms with E-state index in [1.807, 2.05) is 18.2 Å². The van der Waals surface area contributed by atoms with E-state index in [2.05, 4.69) is 30.9 Å². The maximum atomic E-state index is 12.9. The molecule has 0 spiro atoms. The van der Waals surface area contributed by atoms with Gasteiger partial charge in [0.15, 0.2) is 0 Å². The van der Waals surface area contributed by atoms with Crippen molar-refractivity contribution >= 4 is 43.2 Å². The molecule has 2 aromatic carbocycles. The summed E-state index contributed by atoms with van der Waals surface area (Å²) in [6.07, 6.45) is 0. The van der Waals surface area contributed by atoms with Crippen LogP contribution in [0.4, 0.5) is 11.4 Å². The molecule has 8 nitrogen and oxygen atoms in total. The van der Waals surface area contributed by atoms with E-state index in [1.165, 1.54) is 32.4 Å². The maximum absolute atomic E-state index is 12.9. The van der Waals surface area contributed by atoms with E-state index in [1.54, 1.807) is 0 Å². The van der Waals surface area contributed by atoms with Gasteiger partial charge < -0.3 is 19.7 Å². The third kappa shape index (κ3) is 4.89. The van der Waals surface area contributed by atoms with Crippen molar-refractivity contribution in [3.05, 3.63) is 46.4 Å². The van der Waals surface area contributed by atoms with Gasteiger partial charge in [0, 0.05) is 23.1 Å². The zero-order chi connectivity index (χ0) is 21.0. The largest absolute Gasteiger partial charge is 0.495 e. The number of sulfonamides is 1. The lowest BCUT2D eigenvalue weighted by atomic mass is 10.1. The number of ether oxygens (including phenoxy) is 2. The van der Waals surface area contributed by atoms with Crippen molar-refractivity contribution < 1.29 is 22.7 Å². The summed E-state index contributed by atoms with van der Waals surface area (Å²) in [6.45, 7) is 2.68. The molecule has 1 amide bonds. The Bertz CT molecular complexity index is 1010. The molecular weight excluding hydrogens is 462 g/mol. The van der Waals surface area contributed by atoms with Gasteiger partial charge in [-0.1, -0.05) is 15.9 Å². The smallest absolute Gasteiger partial charge is 0.255 e. The van der Waals surface area contributed by atoms with Crippen LogP contribution in [0.15, 0.2) is 45.8 Å². The van der Waals surface area contributed by atoms with Gasteiger partial charge in [0.1, 0.15) is 10.6 Å². The van der Waals surface area contributed by atoms with Crippen LogP contribution < -0.4 is 19.7 Å². The Morgan fingerprint density at radius 3 is 2.55 bits per heavy atom. The first-order valence-corrected chi connectivity index (χ1v) is 11.2. The fourth-order valence-electron chi connectivity index (χ4n) is 3.02. The topological polar surface area (TPSA) is 97.0 Å². The summed E-state index contributed by atoms with van der Waals surface area (Å²) in [7, 11) is -1.11. The highest BCUT2D eigenvalue weighted by molar-refractivity contribution is 9.10. The molecule has 156 valence electrons. The number of carbonyl (C=O) groups is 1. The number of nitrogens with zero attached hydrogens (tertiary/aromatic N) is 1. The fraction of sp³-hybridized carbons (Fsp3) is 0.316. The van der Waals surface area contributed by atoms with Crippen molar-refractivity contribution in [2.24, 2.45) is 0 Å². The molecule has 0 unspecified atom stereocenters. The van der Waals surface area contributed by atoms with Gasteiger partial charge in [-0.2, -0.15) is 0 Å². The zero-order valence-electron chi connectivity index (χ0n) is 16.1. The summed E-state index contributed by atoms with van der Waals surface area (Å²) >= 11 is 3.43. The number of nitrogens with one attached hydrogen (secondary N) is 2. The highest BCUT2D eigenvalue weighted by atomic mass is 79.9. The van der Waals surface area contributed by atoms with Gasteiger partial charge in [-0.3, -0.25) is 4.79 Å². The average Bonchev–Trinajstić information content (AvgIpc) is 2.74. The van der Waals surface area contributed by atoms with Crippen molar-refractivity contribution in [1.82, 2.24) is 4.72 Å². The van der Waals surface area contributed by atoms with Crippen LogP contribution in [-0.4, -0.2) is 54.8 Å². The SMILES string of the molecule is CNS(=O)(=O)c1cc(C(=O)Nc2cc(Br)ccc2N2CCOCC2)ccc1OC. The second-order valence-electron chi connectivity index (χ2n) is 6.29. The van der Waals surface area contributed by atoms with E-state index in [4.69, 9.17) is 9.47 Å². The monoisotopic (exact) mass is 483 g/mol. The van der Waals surface area contributed by atoms with E-state index < -0.39 is 15.9 Å². The molecule has 0 atom stereocenters. The molecular formula is C19H22BrN3O5S. The number of rotatable bonds is 6. The summed E-state index contributed by atoms with van der Waals surface area (Å²) in [4.78, 5) is 14.9. The first kappa shape index (κ1) is 21.6. The third-order valence-electron chi connectivity index (χ3n) is 4.54. The molecule has 10 heteroatoms. The molecule has 1 saturated heterocycles. The lowest BCUT2D eigenvalue weighted by molar-refractivity contribution is 0.102. The second kappa shape index (κ2) is 9.12. The van der Waals surface area contributed by atoms with E-state index in [-0.39, 0.29) is 16.2 Å². The average molecular weight is 484 g/mol. The minimum absolute atomic E-state index is 0.0993. The molecule has 1 aliphatic rings. The highest BCUT2D eigenvalue weighted by Gasteiger charge is 2.21. The van der Waals surface area contributed by atoms with Crippen molar-refractivity contribution in [2.75, 3.05) is 50.7 Å². The van der Waals surface area contributed by atoms with Crippen LogP contribution in [0.25, 0.3) is 0 Å². The number of benzene rings is 2. The van der Waals surface area contributed by atoms with Crippen molar-refractivity contribution in [3.63, 3.8) is 0 Å². The summed E-state index contributed by atoms with van der Waals surface area (Å²) in [5.74, 6) is -0.264. The van der Waals surface area contributed by atoms with Crippen molar-refractivity contribution in [2.45, 2.75) is 4.90 Å². The van der Waals surface area contributed by atoms with Crippen molar-refractivity contribution in [1.29, 1.82) is 0 Å². The lowest BCUT2D eigenvalue weighted by Crippen LogP contribution is -2.36. The Kier molecular flexibility index (Phi) is 6.78. The van der Waals surface area contributed by atoms with Crippen LogP contribution in [0.1, 0.15) is 10.4 Å². The van der Waals surface area contributed by atoms with Gasteiger partial charge in [0.25, 0.3) is 5.91 Å². The van der Waals surface area contributed by atoms with Gasteiger partial charge in [0.2, 0.25) is 10.0 Å². The van der Waals surface area contributed by atoms with E-state index in [0.717, 1.165) is 23.2 Å². The van der Waals surface area contributed by atoms with Crippen LogP contribution in [-0.2, 0) is 14.8 Å². The molecule has 1 aliphatic heterocycles. The van der Waals surface area contributed by atoms with Crippen LogP contribution >= 0.6 is 15.9 Å². The molecule has 2 N–H and O–H groups in total. The predicted molar refractivity (Wildman–Crippen MR) is 114 cm³/mol. The highest BCUT2D eigenvalue weighted by Crippen LogP contribution is 2.31. The lowest BCUT2D eigenvalue weighted by Gasteiger charge is -2.30. The number of anilines is 2. The zero-order valence-corrected chi connectivity index (χ0v) is 18.5. The quantitative estimate of drug-likeness (QED) is 0.654. The molecule has 0 radical (unpaired) electrons. The molecule has 1 fully saturated rings. The van der Waals surface area contributed by atoms with E-state index in [9.17, 15) is 13.2 Å². The Morgan fingerprint density at radius 2 is 1.90 bits per heavy atom. The first-order chi connectivity index (χ1) is 13.9. The number of morpholine rings is 1. The number of methoxy groups -OCH3 is 1. The molecule has 1 heterocycles. The van der Waals surface area contributed by atoms with Gasteiger partial charge in [-0.05, 0) is 43.4 Å². The molecule has 3 rings (SSSR count). The maximum Gasteiger partial charge on any atom is 0.255 e. The second-order valence-corrected chi connectivity index (χ2v) is 9.06. The van der Waals surface area contributed by atoms with Crippen LogP contribution in [0.3, 0.4) is 0 Å². The number of halogens is 1. The minimum atomic E-state index is -3.79. The number of hydrogen-bond donors (Lipinski definition) is 2. The van der Waals surface area contributed by atoms with Crippen LogP contribution in [0.5, 0.6) is 5.75 Å². The van der Waals surface area contributed by atoms with Gasteiger partial charge in [-0.15, -0.1) is 0 Å². The van der Waals surface area contributed by atoms with Crippen LogP contribution in [0, 0.1) is 0 Å². The van der Waals surface area contributed by atoms with Gasteiger partial charge >= 0.3 is 0 Å². The van der Waals surface area contributed by atoms with Gasteiger partial charge in [-0.25, -0.2) is 13.1 Å². The van der Waals surface area contributed by atoms with Crippen LogP contribution in [0.2, 0.25) is 0 Å². The number of amides is 1. The molecule has 0 aromatic heterocycles. The third-order valence-corrected chi connectivity index (χ3v) is 6.47. The first-order valence-electron chi connectivity index (χ1n) is 8.91. The predicted octanol–water partition coefficient (Wildman–Crippen LogP) is 2.45. The Balaban J connectivity index is 1.93. The summed E-state index contributed by atoms with van der Waals surface area (Å²) in [5, 5.41) is 2.89. The minimum Gasteiger partial charge on any atom is -0.495 e. The standard InChI is InChI=1S/C19H22BrN3O5S/c1-21-29(25,26)18-11-13(3-6-17(18)27-2)19(24)22-15-12-14(20)4-5-16(15)23-7-9-28-10-8-23/h3-6,11-12,21H,7-10H2,1-2H3,(H,22,24). The van der Waals surface area contributed by atoms with E-state index in [0.29, 0.717) is 18.9 Å². The fourth-order valence-corrected chi connectivity index (χ4v) is 4.30. The van der Waals surface area contributed by atoms with E-state index >= 15 is 0 Å². The molecule has 2 aromatic rings. The molecule has 0 bridgehead atoms. The summed E-state index contributed by atoms with van der Waals surface area (Å²) in [6, 6.07) is 9.93. The van der Waals surface area contributed by atoms with Crippen molar-refractivity contribution in [3.8, 4) is 5.75 Å². The Hall–Kier alpha value is -2.14. The summed E-state index contributed by atoms with van der Waals surface area (Å²) in [5.41, 5.74) is 1.70. The normalized spacial score (nSPS) is 14.5. The molecule has 0 aliphatic carbocycles. The number of carbonyl (C=O) groups excluding carboxylic acids is 1. The molecule has 0 saturated carbocycles. The van der Waals surface area contributed by atoms with Gasteiger partial charge in [0.05, 0.1) is 31.7 Å². The Morgan fingerprint density at radius 1 is 1.17 bits per heavy atom.